The third-order valence-corrected chi connectivity index (χ3v) is 2.42. The molecule has 0 fully saturated rings. The molecule has 0 saturated carbocycles. The fourth-order valence-corrected chi connectivity index (χ4v) is 1.50. The van der Waals surface area contributed by atoms with Gasteiger partial charge < -0.3 is 0 Å². The van der Waals surface area contributed by atoms with Gasteiger partial charge in [0.25, 0.3) is 5.78 Å². The molecule has 1 rings (SSSR count). The van der Waals surface area contributed by atoms with Gasteiger partial charge >= 0.3 is 6.18 Å². The molecule has 0 heterocycles. The van der Waals surface area contributed by atoms with Crippen LogP contribution < -0.4 is 0 Å². The minimum absolute atomic E-state index is 0.120. The zero-order valence-electron chi connectivity index (χ0n) is 9.30. The Kier molecular flexibility index (Phi) is 3.56. The molecule has 0 saturated heterocycles. The predicted molar refractivity (Wildman–Crippen MR) is 55.3 cm³/mol. The lowest BCUT2D eigenvalue weighted by Gasteiger charge is -2.14. The van der Waals surface area contributed by atoms with Gasteiger partial charge in [0.2, 0.25) is 0 Å². The molecule has 0 aliphatic heterocycles. The van der Waals surface area contributed by atoms with Crippen molar-refractivity contribution in [2.24, 2.45) is 0 Å². The van der Waals surface area contributed by atoms with E-state index in [9.17, 15) is 18.0 Å². The SMILES string of the molecule is Cc1ccc(C)c(C(C#N)C(=O)C(F)(F)F)c1. The van der Waals surface area contributed by atoms with Gasteiger partial charge in [-0.1, -0.05) is 23.8 Å². The zero-order chi connectivity index (χ0) is 13.2. The monoisotopic (exact) mass is 241 g/mol. The average Bonchev–Trinajstić information content (AvgIpc) is 2.22. The number of ketones is 1. The van der Waals surface area contributed by atoms with E-state index in [1.807, 2.05) is 0 Å². The van der Waals surface area contributed by atoms with Gasteiger partial charge in [-0.25, -0.2) is 0 Å². The van der Waals surface area contributed by atoms with Crippen LogP contribution in [0.4, 0.5) is 13.2 Å². The molecule has 0 spiro atoms. The average molecular weight is 241 g/mol. The van der Waals surface area contributed by atoms with Crippen LogP contribution in [0.3, 0.4) is 0 Å². The Morgan fingerprint density at radius 1 is 1.35 bits per heavy atom. The Morgan fingerprint density at radius 2 is 1.94 bits per heavy atom. The summed E-state index contributed by atoms with van der Waals surface area (Å²) in [6.07, 6.45) is -4.99. The van der Waals surface area contributed by atoms with Crippen molar-refractivity contribution in [3.8, 4) is 6.07 Å². The molecule has 0 bridgehead atoms. The standard InChI is InChI=1S/C12H10F3NO/c1-7-3-4-8(2)9(5-7)10(6-16)11(17)12(13,14)15/h3-5,10H,1-2H3. The first-order chi connectivity index (χ1) is 7.77. The van der Waals surface area contributed by atoms with E-state index in [0.717, 1.165) is 0 Å². The number of Topliss-reactive ketones (excluding diaryl/α,β-unsaturated/α-hetero) is 1. The van der Waals surface area contributed by atoms with Crippen LogP contribution in [0.15, 0.2) is 18.2 Å². The van der Waals surface area contributed by atoms with E-state index in [4.69, 9.17) is 5.26 Å². The lowest BCUT2D eigenvalue weighted by atomic mass is 9.91. The fourth-order valence-electron chi connectivity index (χ4n) is 1.50. The van der Waals surface area contributed by atoms with Crippen molar-refractivity contribution in [2.45, 2.75) is 25.9 Å². The zero-order valence-corrected chi connectivity index (χ0v) is 9.30. The van der Waals surface area contributed by atoms with Gasteiger partial charge in [0, 0.05) is 0 Å². The van der Waals surface area contributed by atoms with Crippen molar-refractivity contribution in [3.63, 3.8) is 0 Å². The molecule has 0 N–H and O–H groups in total. The fraction of sp³-hybridized carbons (Fsp3) is 0.333. The predicted octanol–water partition coefficient (Wildman–Crippen LogP) is 3.04. The van der Waals surface area contributed by atoms with Crippen molar-refractivity contribution in [3.05, 3.63) is 34.9 Å². The number of hydrogen-bond donors (Lipinski definition) is 0. The smallest absolute Gasteiger partial charge is 0.288 e. The Balaban J connectivity index is 3.25. The van der Waals surface area contributed by atoms with Gasteiger partial charge in [-0.15, -0.1) is 0 Å². The summed E-state index contributed by atoms with van der Waals surface area (Å²) in [6.45, 7) is 3.26. The molecule has 0 aliphatic carbocycles. The number of aryl methyl sites for hydroxylation is 2. The molecule has 0 aromatic heterocycles. The van der Waals surface area contributed by atoms with Crippen LogP contribution >= 0.6 is 0 Å². The number of carbonyl (C=O) groups excluding carboxylic acids is 1. The Morgan fingerprint density at radius 3 is 2.41 bits per heavy atom. The second kappa shape index (κ2) is 4.58. The molecule has 1 aromatic rings. The van der Waals surface area contributed by atoms with Gasteiger partial charge in [0.05, 0.1) is 6.07 Å². The highest BCUT2D eigenvalue weighted by Crippen LogP contribution is 2.29. The van der Waals surface area contributed by atoms with Crippen molar-refractivity contribution in [1.82, 2.24) is 0 Å². The highest BCUT2D eigenvalue weighted by atomic mass is 19.4. The van der Waals surface area contributed by atoms with Gasteiger partial charge in [-0.2, -0.15) is 18.4 Å². The minimum atomic E-state index is -4.99. The highest BCUT2D eigenvalue weighted by Gasteiger charge is 2.44. The topological polar surface area (TPSA) is 40.9 Å². The van der Waals surface area contributed by atoms with Gasteiger partial charge in [0.1, 0.15) is 5.92 Å². The third-order valence-electron chi connectivity index (χ3n) is 2.42. The molecular weight excluding hydrogens is 231 g/mol. The van der Waals surface area contributed by atoms with E-state index in [2.05, 4.69) is 0 Å². The number of benzene rings is 1. The van der Waals surface area contributed by atoms with Crippen LogP contribution in [-0.4, -0.2) is 12.0 Å². The molecule has 1 aromatic carbocycles. The van der Waals surface area contributed by atoms with E-state index < -0.39 is 17.9 Å². The van der Waals surface area contributed by atoms with Crippen LogP contribution in [0, 0.1) is 25.2 Å². The molecule has 1 atom stereocenters. The summed E-state index contributed by atoms with van der Waals surface area (Å²) in [6, 6.07) is 6.17. The number of nitrogens with zero attached hydrogens (tertiary/aromatic N) is 1. The molecule has 1 unspecified atom stereocenters. The summed E-state index contributed by atoms with van der Waals surface area (Å²) in [4.78, 5) is 11.1. The van der Waals surface area contributed by atoms with Crippen LogP contribution in [0.1, 0.15) is 22.6 Å². The van der Waals surface area contributed by atoms with E-state index in [1.54, 1.807) is 26.0 Å². The van der Waals surface area contributed by atoms with E-state index in [0.29, 0.717) is 11.1 Å². The summed E-state index contributed by atoms with van der Waals surface area (Å²) in [5, 5.41) is 8.76. The first kappa shape index (κ1) is 13.2. The maximum Gasteiger partial charge on any atom is 0.451 e. The Bertz CT molecular complexity index is 486. The highest BCUT2D eigenvalue weighted by molar-refractivity contribution is 5.93. The summed E-state index contributed by atoms with van der Waals surface area (Å²) in [5.74, 6) is -3.80. The molecule has 17 heavy (non-hydrogen) atoms. The number of halogens is 3. The Hall–Kier alpha value is -1.83. The van der Waals surface area contributed by atoms with E-state index in [-0.39, 0.29) is 5.56 Å². The maximum atomic E-state index is 12.3. The number of nitriles is 1. The lowest BCUT2D eigenvalue weighted by Crippen LogP contribution is -2.28. The van der Waals surface area contributed by atoms with E-state index >= 15 is 0 Å². The first-order valence-electron chi connectivity index (χ1n) is 4.85. The molecule has 0 radical (unpaired) electrons. The molecular formula is C12H10F3NO. The minimum Gasteiger partial charge on any atom is -0.288 e. The Labute approximate surface area is 96.7 Å². The largest absolute Gasteiger partial charge is 0.451 e. The first-order valence-corrected chi connectivity index (χ1v) is 4.85. The number of rotatable bonds is 2. The van der Waals surface area contributed by atoms with Gasteiger partial charge in [0.15, 0.2) is 0 Å². The maximum absolute atomic E-state index is 12.3. The quantitative estimate of drug-likeness (QED) is 0.798. The van der Waals surface area contributed by atoms with Crippen LogP contribution in [0.5, 0.6) is 0 Å². The van der Waals surface area contributed by atoms with Crippen LogP contribution in [0.2, 0.25) is 0 Å². The summed E-state index contributed by atoms with van der Waals surface area (Å²) in [7, 11) is 0. The normalized spacial score (nSPS) is 12.9. The summed E-state index contributed by atoms with van der Waals surface area (Å²) in [5.41, 5.74) is 1.33. The van der Waals surface area contributed by atoms with Crippen molar-refractivity contribution >= 4 is 5.78 Å². The molecule has 90 valence electrons. The summed E-state index contributed by atoms with van der Waals surface area (Å²) >= 11 is 0. The van der Waals surface area contributed by atoms with E-state index in [1.165, 1.54) is 12.1 Å². The number of alkyl halides is 3. The molecule has 0 amide bonds. The molecule has 5 heteroatoms. The van der Waals surface area contributed by atoms with Crippen molar-refractivity contribution in [1.29, 1.82) is 5.26 Å². The number of carbonyl (C=O) groups is 1. The van der Waals surface area contributed by atoms with Crippen LogP contribution in [0.25, 0.3) is 0 Å². The van der Waals surface area contributed by atoms with Gasteiger partial charge in [-0.3, -0.25) is 4.79 Å². The third kappa shape index (κ3) is 2.84. The van der Waals surface area contributed by atoms with Crippen molar-refractivity contribution in [2.75, 3.05) is 0 Å². The second-order valence-electron chi connectivity index (χ2n) is 3.78. The van der Waals surface area contributed by atoms with Crippen molar-refractivity contribution < 1.29 is 18.0 Å². The molecule has 2 nitrogen and oxygen atoms in total. The summed E-state index contributed by atoms with van der Waals surface area (Å²) < 4.78 is 36.9. The van der Waals surface area contributed by atoms with Gasteiger partial charge in [-0.05, 0) is 25.0 Å². The second-order valence-corrected chi connectivity index (χ2v) is 3.78. The van der Waals surface area contributed by atoms with Crippen LogP contribution in [-0.2, 0) is 4.79 Å². The molecule has 0 aliphatic rings. The number of hydrogen-bond acceptors (Lipinski definition) is 2. The lowest BCUT2D eigenvalue weighted by molar-refractivity contribution is -0.171.